The van der Waals surface area contributed by atoms with Crippen molar-refractivity contribution in [3.05, 3.63) is 12.7 Å². The molecule has 0 aliphatic rings. The zero-order valence-electron chi connectivity index (χ0n) is 6.56. The number of rotatable bonds is 2. The summed E-state index contributed by atoms with van der Waals surface area (Å²) >= 11 is 0. The highest BCUT2D eigenvalue weighted by Crippen LogP contribution is 1.87. The molecule has 0 saturated heterocycles. The predicted octanol–water partition coefficient (Wildman–Crippen LogP) is 1.71. The van der Waals surface area contributed by atoms with E-state index in [-0.39, 0.29) is 12.1 Å². The number of carbonyl (C=O) groups excluding carboxylic acids is 1. The van der Waals surface area contributed by atoms with Crippen LogP contribution in [0.2, 0.25) is 0 Å². The van der Waals surface area contributed by atoms with Crippen LogP contribution in [0.3, 0.4) is 0 Å². The fraction of sp³-hybridized carbons (Fsp3) is 0.571. The highest BCUT2D eigenvalue weighted by atomic mass is 19.1. The molecule has 0 spiro atoms. The van der Waals surface area contributed by atoms with Crippen LogP contribution in [0.25, 0.3) is 0 Å². The van der Waals surface area contributed by atoms with Crippen LogP contribution >= 0.6 is 0 Å². The summed E-state index contributed by atoms with van der Waals surface area (Å²) in [5.41, 5.74) is 0. The molecule has 0 aromatic rings. The van der Waals surface area contributed by atoms with Crippen molar-refractivity contribution in [1.82, 2.24) is 0 Å². The average Bonchev–Trinajstić information content (AvgIpc) is 1.91. The third-order valence-corrected chi connectivity index (χ3v) is 0.519. The van der Waals surface area contributed by atoms with Crippen LogP contribution in [-0.2, 0) is 9.53 Å². The van der Waals surface area contributed by atoms with E-state index in [1.807, 2.05) is 0 Å². The highest BCUT2D eigenvalue weighted by Gasteiger charge is 1.96. The molecular formula is C7H13FO2. The van der Waals surface area contributed by atoms with Gasteiger partial charge in [0.15, 0.2) is 0 Å². The maximum atomic E-state index is 10.3. The van der Waals surface area contributed by atoms with Crippen LogP contribution in [0.5, 0.6) is 0 Å². The first-order chi connectivity index (χ1) is 4.66. The zero-order valence-corrected chi connectivity index (χ0v) is 6.56. The van der Waals surface area contributed by atoms with Crippen LogP contribution in [0.1, 0.15) is 13.8 Å². The van der Waals surface area contributed by atoms with E-state index in [4.69, 9.17) is 0 Å². The topological polar surface area (TPSA) is 26.3 Å². The van der Waals surface area contributed by atoms with Gasteiger partial charge in [-0.1, -0.05) is 6.58 Å². The number of halogens is 1. The van der Waals surface area contributed by atoms with Gasteiger partial charge in [0.05, 0.1) is 13.3 Å². The van der Waals surface area contributed by atoms with Crippen LogP contribution in [0.15, 0.2) is 12.7 Å². The molecule has 0 aliphatic carbocycles. The van der Waals surface area contributed by atoms with E-state index in [2.05, 4.69) is 11.3 Å². The number of ether oxygens (including phenoxy) is 1. The predicted molar refractivity (Wildman–Crippen MR) is 38.5 cm³/mol. The van der Waals surface area contributed by atoms with E-state index in [0.29, 0.717) is 7.18 Å². The first-order valence-electron chi connectivity index (χ1n) is 2.87. The lowest BCUT2D eigenvalue weighted by Crippen LogP contribution is -2.07. The summed E-state index contributed by atoms with van der Waals surface area (Å²) in [7, 11) is 0.500. The molecule has 60 valence electrons. The van der Waals surface area contributed by atoms with Crippen LogP contribution < -0.4 is 0 Å². The number of esters is 1. The molecule has 0 bridgehead atoms. The van der Waals surface area contributed by atoms with E-state index < -0.39 is 0 Å². The Kier molecular flexibility index (Phi) is 9.67. The summed E-state index contributed by atoms with van der Waals surface area (Å²) in [6.45, 7) is 6.83. The Balaban J connectivity index is 0. The Bertz CT molecular complexity index is 99.8. The van der Waals surface area contributed by atoms with E-state index in [1.54, 1.807) is 13.8 Å². The van der Waals surface area contributed by atoms with Crippen LogP contribution in [-0.4, -0.2) is 19.3 Å². The number of hydrogen-bond acceptors (Lipinski definition) is 2. The van der Waals surface area contributed by atoms with Crippen molar-refractivity contribution in [3.8, 4) is 0 Å². The normalized spacial score (nSPS) is 7.70. The fourth-order valence-corrected chi connectivity index (χ4v) is 0.280. The van der Waals surface area contributed by atoms with Crippen LogP contribution in [0.4, 0.5) is 4.39 Å². The Morgan fingerprint density at radius 3 is 2.10 bits per heavy atom. The fourth-order valence-electron chi connectivity index (χ4n) is 0.280. The number of alkyl halides is 1. The van der Waals surface area contributed by atoms with Crippen LogP contribution in [0, 0.1) is 0 Å². The zero-order chi connectivity index (χ0) is 8.57. The van der Waals surface area contributed by atoms with E-state index in [0.717, 1.165) is 6.08 Å². The lowest BCUT2D eigenvalue weighted by molar-refractivity contribution is -0.141. The summed E-state index contributed by atoms with van der Waals surface area (Å²) in [6, 6.07) is 0. The smallest absolute Gasteiger partial charge is 0.330 e. The second-order valence-corrected chi connectivity index (χ2v) is 1.69. The third-order valence-electron chi connectivity index (χ3n) is 0.519. The Morgan fingerprint density at radius 2 is 2.00 bits per heavy atom. The van der Waals surface area contributed by atoms with Gasteiger partial charge in [-0.2, -0.15) is 0 Å². The van der Waals surface area contributed by atoms with Crippen molar-refractivity contribution in [1.29, 1.82) is 0 Å². The van der Waals surface area contributed by atoms with E-state index in [1.165, 1.54) is 0 Å². The van der Waals surface area contributed by atoms with Gasteiger partial charge in [-0.05, 0) is 13.8 Å². The van der Waals surface area contributed by atoms with E-state index in [9.17, 15) is 9.18 Å². The summed E-state index contributed by atoms with van der Waals surface area (Å²) in [6.07, 6.45) is 1.11. The second-order valence-electron chi connectivity index (χ2n) is 1.69. The maximum absolute atomic E-state index is 10.3. The molecular weight excluding hydrogens is 135 g/mol. The number of hydrogen-bond donors (Lipinski definition) is 0. The molecule has 0 radical (unpaired) electrons. The van der Waals surface area contributed by atoms with Crippen molar-refractivity contribution >= 4 is 5.97 Å². The molecule has 10 heavy (non-hydrogen) atoms. The SMILES string of the molecule is C=CC(=O)OC(C)C.CF. The molecule has 0 aromatic heterocycles. The van der Waals surface area contributed by atoms with Gasteiger partial charge in [0, 0.05) is 6.08 Å². The second kappa shape index (κ2) is 8.14. The molecule has 0 fully saturated rings. The van der Waals surface area contributed by atoms with Crippen molar-refractivity contribution in [3.63, 3.8) is 0 Å². The molecule has 0 N–H and O–H groups in total. The molecule has 0 atom stereocenters. The first-order valence-corrected chi connectivity index (χ1v) is 2.87. The molecule has 0 amide bonds. The summed E-state index contributed by atoms with van der Waals surface area (Å²) < 4.78 is 14.1. The summed E-state index contributed by atoms with van der Waals surface area (Å²) in [5, 5.41) is 0. The molecule has 0 unspecified atom stereocenters. The van der Waals surface area contributed by atoms with Crippen molar-refractivity contribution in [2.75, 3.05) is 7.18 Å². The summed E-state index contributed by atoms with van der Waals surface area (Å²) in [4.78, 5) is 10.3. The third kappa shape index (κ3) is 10.2. The monoisotopic (exact) mass is 148 g/mol. The minimum atomic E-state index is -0.361. The van der Waals surface area contributed by atoms with Gasteiger partial charge in [0.1, 0.15) is 0 Å². The molecule has 0 saturated carbocycles. The van der Waals surface area contributed by atoms with Gasteiger partial charge in [-0.15, -0.1) is 0 Å². The van der Waals surface area contributed by atoms with Gasteiger partial charge in [-0.3, -0.25) is 4.39 Å². The van der Waals surface area contributed by atoms with Gasteiger partial charge in [0.25, 0.3) is 0 Å². The lowest BCUT2D eigenvalue weighted by atomic mass is 10.5. The molecule has 2 nitrogen and oxygen atoms in total. The quantitative estimate of drug-likeness (QED) is 0.440. The van der Waals surface area contributed by atoms with Gasteiger partial charge in [0.2, 0.25) is 0 Å². The van der Waals surface area contributed by atoms with Crippen molar-refractivity contribution in [2.24, 2.45) is 0 Å². The Hall–Kier alpha value is -0.860. The Labute approximate surface area is 60.7 Å². The molecule has 0 aliphatic heterocycles. The highest BCUT2D eigenvalue weighted by molar-refractivity contribution is 5.81. The first kappa shape index (κ1) is 11.9. The number of carbonyl (C=O) groups is 1. The molecule has 3 heteroatoms. The minimum absolute atomic E-state index is 0.0412. The van der Waals surface area contributed by atoms with Gasteiger partial charge >= 0.3 is 5.97 Å². The largest absolute Gasteiger partial charge is 0.460 e. The van der Waals surface area contributed by atoms with Crippen molar-refractivity contribution < 1.29 is 13.9 Å². The Morgan fingerprint density at radius 1 is 1.60 bits per heavy atom. The van der Waals surface area contributed by atoms with E-state index >= 15 is 0 Å². The molecule has 0 rings (SSSR count). The average molecular weight is 148 g/mol. The summed E-state index contributed by atoms with van der Waals surface area (Å²) in [5.74, 6) is -0.361. The van der Waals surface area contributed by atoms with Gasteiger partial charge in [-0.25, -0.2) is 4.79 Å². The minimum Gasteiger partial charge on any atom is -0.460 e. The standard InChI is InChI=1S/C6H10O2.CH3F/c1-4-6(7)8-5(2)3;1-2/h4-5H,1H2,2-3H3;1H3. The maximum Gasteiger partial charge on any atom is 0.330 e. The van der Waals surface area contributed by atoms with Crippen molar-refractivity contribution in [2.45, 2.75) is 20.0 Å². The molecule has 0 aromatic carbocycles. The molecule has 0 heterocycles. The lowest BCUT2D eigenvalue weighted by Gasteiger charge is -2.02. The van der Waals surface area contributed by atoms with Gasteiger partial charge < -0.3 is 4.74 Å².